The van der Waals surface area contributed by atoms with Gasteiger partial charge < -0.3 is 9.47 Å². The maximum absolute atomic E-state index is 13.0. The zero-order chi connectivity index (χ0) is 22.1. The fourth-order valence-electron chi connectivity index (χ4n) is 3.09. The van der Waals surface area contributed by atoms with Crippen molar-refractivity contribution in [2.75, 3.05) is 19.1 Å². The maximum atomic E-state index is 13.0. The Balaban J connectivity index is 1.88. The van der Waals surface area contributed by atoms with Gasteiger partial charge in [0.15, 0.2) is 11.5 Å². The lowest BCUT2D eigenvalue weighted by molar-refractivity contribution is -0.275. The molecule has 0 spiro atoms. The number of hydrazone groups is 1. The molecule has 2 aromatic carbocycles. The minimum atomic E-state index is -4.85. The lowest BCUT2D eigenvalue weighted by Crippen LogP contribution is -2.43. The van der Waals surface area contributed by atoms with Crippen LogP contribution in [0.1, 0.15) is 18.1 Å². The second-order valence-corrected chi connectivity index (χ2v) is 7.15. The normalized spacial score (nSPS) is 16.0. The number of nitrogens with zero attached hydrogens (tertiary/aromatic N) is 3. The molecule has 0 fully saturated rings. The fourth-order valence-corrected chi connectivity index (χ4v) is 3.21. The fraction of sp³-hybridized carbons (Fsp3) is 0.300. The van der Waals surface area contributed by atoms with E-state index in [2.05, 4.69) is 9.84 Å². The van der Waals surface area contributed by atoms with E-state index in [0.717, 1.165) is 0 Å². The van der Waals surface area contributed by atoms with E-state index in [1.807, 2.05) is 0 Å². The van der Waals surface area contributed by atoms with Crippen molar-refractivity contribution >= 4 is 29.5 Å². The van der Waals surface area contributed by atoms with Crippen LogP contribution in [0, 0.1) is 0 Å². The predicted octanol–water partition coefficient (Wildman–Crippen LogP) is 5.08. The standard InChI is InChI=1S/C20H19ClF3N3O3/c1-12-8-13-9-18(30-20(22,23)24)17(29-3)10-14(13)11-25-27(12)19(28)26(2)16-6-4-15(21)5-7-16/h4-7,9-12H,8H2,1-3H3. The van der Waals surface area contributed by atoms with Crippen LogP contribution in [0.2, 0.25) is 5.02 Å². The highest BCUT2D eigenvalue weighted by atomic mass is 35.5. The highest BCUT2D eigenvalue weighted by Gasteiger charge is 2.34. The highest BCUT2D eigenvalue weighted by Crippen LogP contribution is 2.36. The summed E-state index contributed by atoms with van der Waals surface area (Å²) in [5.74, 6) is -0.523. The van der Waals surface area contributed by atoms with E-state index in [-0.39, 0.29) is 12.2 Å². The molecule has 2 aromatic rings. The van der Waals surface area contributed by atoms with Crippen molar-refractivity contribution < 1.29 is 27.4 Å². The summed E-state index contributed by atoms with van der Waals surface area (Å²) in [6.07, 6.45) is -3.16. The molecule has 3 rings (SSSR count). The Bertz CT molecular complexity index is 964. The first-order valence-electron chi connectivity index (χ1n) is 8.92. The minimum Gasteiger partial charge on any atom is -0.493 e. The molecule has 30 heavy (non-hydrogen) atoms. The van der Waals surface area contributed by atoms with Gasteiger partial charge >= 0.3 is 12.4 Å². The molecule has 6 nitrogen and oxygen atoms in total. The molecule has 0 N–H and O–H groups in total. The summed E-state index contributed by atoms with van der Waals surface area (Å²) in [6, 6.07) is 8.59. The minimum absolute atomic E-state index is 0.0803. The van der Waals surface area contributed by atoms with Crippen LogP contribution in [0.25, 0.3) is 0 Å². The highest BCUT2D eigenvalue weighted by molar-refractivity contribution is 6.30. The number of alkyl halides is 3. The van der Waals surface area contributed by atoms with E-state index < -0.39 is 24.2 Å². The topological polar surface area (TPSA) is 54.4 Å². The molecule has 0 aromatic heterocycles. The molecule has 1 unspecified atom stereocenters. The van der Waals surface area contributed by atoms with E-state index in [0.29, 0.717) is 21.8 Å². The number of benzene rings is 2. The van der Waals surface area contributed by atoms with Crippen LogP contribution in [0.4, 0.5) is 23.7 Å². The average molecular weight is 442 g/mol. The van der Waals surface area contributed by atoms with Crippen molar-refractivity contribution in [2.45, 2.75) is 25.7 Å². The summed E-state index contributed by atoms with van der Waals surface area (Å²) < 4.78 is 47.3. The van der Waals surface area contributed by atoms with Crippen LogP contribution in [0.15, 0.2) is 41.5 Å². The van der Waals surface area contributed by atoms with Gasteiger partial charge in [0, 0.05) is 23.3 Å². The van der Waals surface area contributed by atoms with E-state index in [4.69, 9.17) is 16.3 Å². The summed E-state index contributed by atoms with van der Waals surface area (Å²) in [6.45, 7) is 1.76. The Morgan fingerprint density at radius 2 is 1.90 bits per heavy atom. The van der Waals surface area contributed by atoms with E-state index in [1.165, 1.54) is 35.4 Å². The summed E-state index contributed by atoms with van der Waals surface area (Å²) in [4.78, 5) is 14.4. The molecule has 2 amide bonds. The van der Waals surface area contributed by atoms with E-state index in [9.17, 15) is 18.0 Å². The molecule has 0 saturated carbocycles. The zero-order valence-corrected chi connectivity index (χ0v) is 17.2. The molecule has 0 aliphatic carbocycles. The first-order chi connectivity index (χ1) is 14.1. The molecule has 160 valence electrons. The van der Waals surface area contributed by atoms with Gasteiger partial charge in [-0.15, -0.1) is 13.2 Å². The van der Waals surface area contributed by atoms with Crippen LogP contribution >= 0.6 is 11.6 Å². The third-order valence-electron chi connectivity index (χ3n) is 4.60. The molecule has 1 atom stereocenters. The lowest BCUT2D eigenvalue weighted by atomic mass is 10.0. The van der Waals surface area contributed by atoms with Gasteiger partial charge in [0.1, 0.15) is 0 Å². The number of anilines is 1. The van der Waals surface area contributed by atoms with Gasteiger partial charge in [0.25, 0.3) is 0 Å². The molecular formula is C20H19ClF3N3O3. The second-order valence-electron chi connectivity index (χ2n) is 6.71. The van der Waals surface area contributed by atoms with E-state index in [1.54, 1.807) is 38.2 Å². The van der Waals surface area contributed by atoms with Crippen LogP contribution in [0.3, 0.4) is 0 Å². The number of carbonyl (C=O) groups is 1. The maximum Gasteiger partial charge on any atom is 0.573 e. The van der Waals surface area contributed by atoms with Crippen molar-refractivity contribution in [1.82, 2.24) is 5.01 Å². The summed E-state index contributed by atoms with van der Waals surface area (Å²) in [5, 5.41) is 6.09. The number of ether oxygens (including phenoxy) is 2. The van der Waals surface area contributed by atoms with Gasteiger partial charge in [0.05, 0.1) is 19.4 Å². The summed E-state index contributed by atoms with van der Waals surface area (Å²) in [5.41, 5.74) is 1.71. The Morgan fingerprint density at radius 3 is 2.50 bits per heavy atom. The summed E-state index contributed by atoms with van der Waals surface area (Å²) >= 11 is 5.89. The molecular weight excluding hydrogens is 423 g/mol. The number of amides is 2. The van der Waals surface area contributed by atoms with Crippen LogP contribution in [-0.2, 0) is 6.42 Å². The molecule has 1 heterocycles. The van der Waals surface area contributed by atoms with Crippen molar-refractivity contribution in [3.63, 3.8) is 0 Å². The quantitative estimate of drug-likeness (QED) is 0.667. The van der Waals surface area contributed by atoms with Crippen molar-refractivity contribution in [3.05, 3.63) is 52.5 Å². The number of urea groups is 1. The number of rotatable bonds is 3. The van der Waals surface area contributed by atoms with Crippen LogP contribution < -0.4 is 14.4 Å². The van der Waals surface area contributed by atoms with Gasteiger partial charge in [-0.1, -0.05) is 11.6 Å². The smallest absolute Gasteiger partial charge is 0.493 e. The first-order valence-corrected chi connectivity index (χ1v) is 9.30. The molecule has 0 radical (unpaired) electrons. The third kappa shape index (κ3) is 4.79. The Labute approximate surface area is 176 Å². The Hall–Kier alpha value is -2.94. The number of carbonyl (C=O) groups excluding carboxylic acids is 1. The average Bonchev–Trinajstić information content (AvgIpc) is 2.83. The Morgan fingerprint density at radius 1 is 1.23 bits per heavy atom. The van der Waals surface area contributed by atoms with Crippen molar-refractivity contribution in [3.8, 4) is 11.5 Å². The second kappa shape index (κ2) is 8.43. The Kier molecular flexibility index (Phi) is 6.12. The van der Waals surface area contributed by atoms with Crippen LogP contribution in [0.5, 0.6) is 11.5 Å². The SMILES string of the molecule is COc1cc2c(cc1OC(F)(F)F)CC(C)N(C(=O)N(C)c1ccc(Cl)cc1)N=C2. The number of methoxy groups -OCH3 is 1. The first kappa shape index (κ1) is 21.8. The molecule has 1 aliphatic heterocycles. The predicted molar refractivity (Wildman–Crippen MR) is 108 cm³/mol. The molecule has 1 aliphatic rings. The largest absolute Gasteiger partial charge is 0.573 e. The van der Waals surface area contributed by atoms with Crippen LogP contribution in [-0.4, -0.2) is 43.8 Å². The van der Waals surface area contributed by atoms with Gasteiger partial charge in [-0.2, -0.15) is 5.10 Å². The number of halogens is 4. The van der Waals surface area contributed by atoms with Gasteiger partial charge in [-0.05, 0) is 55.3 Å². The van der Waals surface area contributed by atoms with Crippen molar-refractivity contribution in [2.24, 2.45) is 5.10 Å². The molecule has 10 heteroatoms. The van der Waals surface area contributed by atoms with Gasteiger partial charge in [0.2, 0.25) is 0 Å². The van der Waals surface area contributed by atoms with Gasteiger partial charge in [-0.25, -0.2) is 9.80 Å². The zero-order valence-electron chi connectivity index (χ0n) is 16.4. The molecule has 0 bridgehead atoms. The lowest BCUT2D eigenvalue weighted by Gasteiger charge is -2.28. The number of fused-ring (bicyclic) bond motifs is 1. The third-order valence-corrected chi connectivity index (χ3v) is 4.85. The summed E-state index contributed by atoms with van der Waals surface area (Å²) in [7, 11) is 2.85. The number of hydrogen-bond acceptors (Lipinski definition) is 4. The van der Waals surface area contributed by atoms with E-state index >= 15 is 0 Å². The van der Waals surface area contributed by atoms with Gasteiger partial charge in [-0.3, -0.25) is 4.90 Å². The molecule has 0 saturated heterocycles. The monoisotopic (exact) mass is 441 g/mol. The number of hydrogen-bond donors (Lipinski definition) is 0. The van der Waals surface area contributed by atoms with Crippen molar-refractivity contribution in [1.29, 1.82) is 0 Å².